The van der Waals surface area contributed by atoms with Gasteiger partial charge in [0.2, 0.25) is 0 Å². The standard InChI is InChI=1S/C17H22N2O/c1-12-8-15(16(19)10-18)9-13(2)17(12)20-11-14-6-4-3-5-7-14/h3-9,16H,10-11,18-19H2,1-2H3/t16-/m0/s1. The zero-order valence-electron chi connectivity index (χ0n) is 12.1. The Kier molecular flexibility index (Phi) is 4.77. The molecule has 3 nitrogen and oxygen atoms in total. The van der Waals surface area contributed by atoms with Crippen molar-refractivity contribution in [2.75, 3.05) is 6.54 Å². The summed E-state index contributed by atoms with van der Waals surface area (Å²) in [5.41, 5.74) is 16.0. The van der Waals surface area contributed by atoms with Crippen LogP contribution < -0.4 is 16.2 Å². The highest BCUT2D eigenvalue weighted by Gasteiger charge is 2.10. The van der Waals surface area contributed by atoms with E-state index in [1.807, 2.05) is 32.0 Å². The van der Waals surface area contributed by atoms with Gasteiger partial charge in [-0.05, 0) is 36.1 Å². The van der Waals surface area contributed by atoms with E-state index in [4.69, 9.17) is 16.2 Å². The van der Waals surface area contributed by atoms with Gasteiger partial charge in [-0.2, -0.15) is 0 Å². The van der Waals surface area contributed by atoms with Gasteiger partial charge in [0.15, 0.2) is 0 Å². The zero-order chi connectivity index (χ0) is 14.5. The van der Waals surface area contributed by atoms with E-state index in [1.54, 1.807) is 0 Å². The van der Waals surface area contributed by atoms with Gasteiger partial charge in [-0.1, -0.05) is 42.5 Å². The van der Waals surface area contributed by atoms with Crippen molar-refractivity contribution in [3.63, 3.8) is 0 Å². The van der Waals surface area contributed by atoms with Crippen molar-refractivity contribution >= 4 is 0 Å². The fourth-order valence-electron chi connectivity index (χ4n) is 2.29. The lowest BCUT2D eigenvalue weighted by atomic mass is 10.0. The van der Waals surface area contributed by atoms with Crippen LogP contribution in [-0.2, 0) is 6.61 Å². The molecule has 0 aliphatic carbocycles. The molecule has 106 valence electrons. The van der Waals surface area contributed by atoms with Crippen molar-refractivity contribution in [2.24, 2.45) is 11.5 Å². The molecule has 0 saturated heterocycles. The van der Waals surface area contributed by atoms with Gasteiger partial charge in [-0.15, -0.1) is 0 Å². The summed E-state index contributed by atoms with van der Waals surface area (Å²) in [5.74, 6) is 0.932. The maximum Gasteiger partial charge on any atom is 0.125 e. The Bertz CT molecular complexity index is 543. The van der Waals surface area contributed by atoms with E-state index in [2.05, 4.69) is 24.3 Å². The Morgan fingerprint density at radius 1 is 1.05 bits per heavy atom. The maximum absolute atomic E-state index is 5.98. The highest BCUT2D eigenvalue weighted by Crippen LogP contribution is 2.27. The fraction of sp³-hybridized carbons (Fsp3) is 0.294. The average Bonchev–Trinajstić information content (AvgIpc) is 2.46. The Labute approximate surface area is 120 Å². The van der Waals surface area contributed by atoms with Crippen molar-refractivity contribution in [1.82, 2.24) is 0 Å². The Hall–Kier alpha value is -1.84. The first-order valence-corrected chi connectivity index (χ1v) is 6.85. The highest BCUT2D eigenvalue weighted by atomic mass is 16.5. The summed E-state index contributed by atoms with van der Waals surface area (Å²) >= 11 is 0. The van der Waals surface area contributed by atoms with Crippen LogP contribution in [0.15, 0.2) is 42.5 Å². The number of hydrogen-bond donors (Lipinski definition) is 2. The van der Waals surface area contributed by atoms with Crippen LogP contribution in [0.2, 0.25) is 0 Å². The van der Waals surface area contributed by atoms with Gasteiger partial charge in [0.25, 0.3) is 0 Å². The first-order valence-electron chi connectivity index (χ1n) is 6.85. The molecular formula is C17H22N2O. The van der Waals surface area contributed by atoms with Crippen LogP contribution in [0.25, 0.3) is 0 Å². The monoisotopic (exact) mass is 270 g/mol. The van der Waals surface area contributed by atoms with E-state index >= 15 is 0 Å². The van der Waals surface area contributed by atoms with E-state index in [0.29, 0.717) is 13.2 Å². The molecule has 20 heavy (non-hydrogen) atoms. The molecule has 0 fully saturated rings. The summed E-state index contributed by atoms with van der Waals surface area (Å²) in [7, 11) is 0. The predicted octanol–water partition coefficient (Wildman–Crippen LogP) is 2.84. The third-order valence-corrected chi connectivity index (χ3v) is 3.39. The summed E-state index contributed by atoms with van der Waals surface area (Å²) in [6, 6.07) is 14.2. The summed E-state index contributed by atoms with van der Waals surface area (Å²) in [4.78, 5) is 0. The number of benzene rings is 2. The van der Waals surface area contributed by atoms with Crippen LogP contribution >= 0.6 is 0 Å². The van der Waals surface area contributed by atoms with E-state index in [0.717, 1.165) is 28.0 Å². The molecule has 0 radical (unpaired) electrons. The summed E-state index contributed by atoms with van der Waals surface area (Å²) < 4.78 is 5.95. The molecule has 4 N–H and O–H groups in total. The molecule has 3 heteroatoms. The topological polar surface area (TPSA) is 61.3 Å². The third-order valence-electron chi connectivity index (χ3n) is 3.39. The lowest BCUT2D eigenvalue weighted by Gasteiger charge is -2.16. The summed E-state index contributed by atoms with van der Waals surface area (Å²) in [5, 5.41) is 0. The zero-order valence-corrected chi connectivity index (χ0v) is 12.1. The fourth-order valence-corrected chi connectivity index (χ4v) is 2.29. The van der Waals surface area contributed by atoms with Crippen LogP contribution in [0, 0.1) is 13.8 Å². The molecule has 0 heterocycles. The second kappa shape index (κ2) is 6.55. The van der Waals surface area contributed by atoms with E-state index in [-0.39, 0.29) is 6.04 Å². The molecule has 0 aliphatic heterocycles. The van der Waals surface area contributed by atoms with Crippen LogP contribution in [0.4, 0.5) is 0 Å². The molecule has 2 rings (SSSR count). The minimum atomic E-state index is -0.115. The van der Waals surface area contributed by atoms with Gasteiger partial charge in [-0.25, -0.2) is 0 Å². The second-order valence-corrected chi connectivity index (χ2v) is 5.10. The average molecular weight is 270 g/mol. The normalized spacial score (nSPS) is 12.2. The second-order valence-electron chi connectivity index (χ2n) is 5.10. The van der Waals surface area contributed by atoms with Crippen molar-refractivity contribution in [2.45, 2.75) is 26.5 Å². The first-order chi connectivity index (χ1) is 9.61. The molecule has 2 aromatic carbocycles. The Balaban J connectivity index is 2.16. The predicted molar refractivity (Wildman–Crippen MR) is 82.7 cm³/mol. The van der Waals surface area contributed by atoms with Crippen molar-refractivity contribution < 1.29 is 4.74 Å². The first kappa shape index (κ1) is 14.6. The molecular weight excluding hydrogens is 248 g/mol. The number of ether oxygens (including phenoxy) is 1. The minimum Gasteiger partial charge on any atom is -0.488 e. The molecule has 0 aromatic heterocycles. The van der Waals surface area contributed by atoms with Gasteiger partial charge in [0, 0.05) is 12.6 Å². The van der Waals surface area contributed by atoms with Crippen LogP contribution in [0.3, 0.4) is 0 Å². The largest absolute Gasteiger partial charge is 0.488 e. The molecule has 0 spiro atoms. The molecule has 1 atom stereocenters. The minimum absolute atomic E-state index is 0.115. The van der Waals surface area contributed by atoms with Crippen LogP contribution in [0.5, 0.6) is 5.75 Å². The third kappa shape index (κ3) is 3.38. The molecule has 2 aromatic rings. The Morgan fingerprint density at radius 2 is 1.65 bits per heavy atom. The Morgan fingerprint density at radius 3 is 2.20 bits per heavy atom. The highest BCUT2D eigenvalue weighted by molar-refractivity contribution is 5.44. The van der Waals surface area contributed by atoms with Gasteiger partial charge >= 0.3 is 0 Å². The molecule has 0 amide bonds. The van der Waals surface area contributed by atoms with Gasteiger partial charge in [0.1, 0.15) is 12.4 Å². The van der Waals surface area contributed by atoms with E-state index in [9.17, 15) is 0 Å². The van der Waals surface area contributed by atoms with Crippen molar-refractivity contribution in [1.29, 1.82) is 0 Å². The lowest BCUT2D eigenvalue weighted by Crippen LogP contribution is -2.21. The number of hydrogen-bond acceptors (Lipinski definition) is 3. The van der Waals surface area contributed by atoms with E-state index in [1.165, 1.54) is 0 Å². The maximum atomic E-state index is 5.98. The van der Waals surface area contributed by atoms with Gasteiger partial charge in [-0.3, -0.25) is 0 Å². The quantitative estimate of drug-likeness (QED) is 0.878. The molecule has 0 unspecified atom stereocenters. The van der Waals surface area contributed by atoms with E-state index < -0.39 is 0 Å². The van der Waals surface area contributed by atoms with Crippen molar-refractivity contribution in [3.8, 4) is 5.75 Å². The van der Waals surface area contributed by atoms with Crippen molar-refractivity contribution in [3.05, 3.63) is 64.7 Å². The summed E-state index contributed by atoms with van der Waals surface area (Å²) in [6.07, 6.45) is 0. The molecule has 0 aliphatic rings. The molecule has 0 saturated carbocycles. The van der Waals surface area contributed by atoms with Gasteiger partial charge < -0.3 is 16.2 Å². The number of nitrogens with two attached hydrogens (primary N) is 2. The number of aryl methyl sites for hydroxylation is 2. The SMILES string of the molecule is Cc1cc([C@@H](N)CN)cc(C)c1OCc1ccccc1. The summed E-state index contributed by atoms with van der Waals surface area (Å²) in [6.45, 7) is 5.11. The van der Waals surface area contributed by atoms with Crippen LogP contribution in [0.1, 0.15) is 28.3 Å². The molecule has 0 bridgehead atoms. The lowest BCUT2D eigenvalue weighted by molar-refractivity contribution is 0.302. The number of rotatable bonds is 5. The van der Waals surface area contributed by atoms with Gasteiger partial charge in [0.05, 0.1) is 0 Å². The van der Waals surface area contributed by atoms with Crippen LogP contribution in [-0.4, -0.2) is 6.54 Å². The smallest absolute Gasteiger partial charge is 0.125 e.